The second-order valence-electron chi connectivity index (χ2n) is 6.80. The summed E-state index contributed by atoms with van der Waals surface area (Å²) in [6.07, 6.45) is -0.768. The molecule has 1 amide bonds. The number of amides is 1. The number of ether oxygens (including phenoxy) is 4. The topological polar surface area (TPSA) is 103 Å². The van der Waals surface area contributed by atoms with Crippen LogP contribution in [0.1, 0.15) is 0 Å². The van der Waals surface area contributed by atoms with Gasteiger partial charge in [-0.05, 0) is 36.4 Å². The Hall–Kier alpha value is -2.98. The molecule has 2 aromatic carbocycles. The minimum Gasteiger partial charge on any atom is -0.497 e. The highest BCUT2D eigenvalue weighted by Gasteiger charge is 2.32. The van der Waals surface area contributed by atoms with Crippen LogP contribution in [-0.4, -0.2) is 65.3 Å². The van der Waals surface area contributed by atoms with Gasteiger partial charge in [0.2, 0.25) is 6.10 Å². The Morgan fingerprint density at radius 2 is 1.83 bits per heavy atom. The van der Waals surface area contributed by atoms with Crippen LogP contribution in [0.3, 0.4) is 0 Å². The lowest BCUT2D eigenvalue weighted by atomic mass is 10.2. The van der Waals surface area contributed by atoms with Gasteiger partial charge in [0, 0.05) is 24.8 Å². The second-order valence-corrected chi connectivity index (χ2v) is 8.48. The summed E-state index contributed by atoms with van der Waals surface area (Å²) in [6, 6.07) is 10.8. The molecule has 0 saturated carbocycles. The zero-order valence-corrected chi connectivity index (χ0v) is 17.2. The molecule has 0 radical (unpaired) electrons. The van der Waals surface area contributed by atoms with Gasteiger partial charge in [-0.3, -0.25) is 9.52 Å². The fraction of sp³-hybridized carbons (Fsp3) is 0.350. The van der Waals surface area contributed by atoms with E-state index in [1.807, 2.05) is 0 Å². The lowest BCUT2D eigenvalue weighted by Crippen LogP contribution is -2.50. The zero-order valence-electron chi connectivity index (χ0n) is 16.4. The summed E-state index contributed by atoms with van der Waals surface area (Å²) in [5.41, 5.74) is 0.405. The number of rotatable bonds is 5. The predicted octanol–water partition coefficient (Wildman–Crippen LogP) is 1.49. The highest BCUT2D eigenvalue weighted by Crippen LogP contribution is 2.34. The highest BCUT2D eigenvalue weighted by molar-refractivity contribution is 7.92. The number of morpholine rings is 1. The minimum atomic E-state index is -3.83. The third kappa shape index (κ3) is 4.29. The molecule has 9 nitrogen and oxygen atoms in total. The molecule has 10 heteroatoms. The van der Waals surface area contributed by atoms with E-state index in [0.29, 0.717) is 43.5 Å². The molecule has 1 atom stereocenters. The van der Waals surface area contributed by atoms with Crippen molar-refractivity contribution in [2.24, 2.45) is 0 Å². The van der Waals surface area contributed by atoms with Crippen molar-refractivity contribution < 1.29 is 32.2 Å². The molecular weight excluding hydrogens is 412 g/mol. The number of nitrogens with one attached hydrogen (secondary N) is 1. The van der Waals surface area contributed by atoms with Crippen LogP contribution in [0.5, 0.6) is 17.2 Å². The number of carbonyl (C=O) groups excluding carboxylic acids is 1. The molecule has 0 aromatic heterocycles. The molecule has 0 bridgehead atoms. The van der Waals surface area contributed by atoms with E-state index in [9.17, 15) is 13.2 Å². The van der Waals surface area contributed by atoms with E-state index < -0.39 is 16.1 Å². The van der Waals surface area contributed by atoms with E-state index in [4.69, 9.17) is 18.9 Å². The Balaban J connectivity index is 1.47. The average molecular weight is 434 g/mol. The SMILES string of the molecule is COc1ccc(NS(=O)(=O)c2ccc3c(c2)OC[C@@H](C(=O)N2CCOCC2)O3)cc1. The van der Waals surface area contributed by atoms with Gasteiger partial charge in [0.15, 0.2) is 11.5 Å². The van der Waals surface area contributed by atoms with Crippen LogP contribution >= 0.6 is 0 Å². The minimum absolute atomic E-state index is 0.0125. The third-order valence-corrected chi connectivity index (χ3v) is 6.20. The monoisotopic (exact) mass is 434 g/mol. The molecule has 0 aliphatic carbocycles. The number of anilines is 1. The number of fused-ring (bicyclic) bond motifs is 1. The Kier molecular flexibility index (Phi) is 5.69. The zero-order chi connectivity index (χ0) is 21.1. The van der Waals surface area contributed by atoms with Crippen LogP contribution in [0, 0.1) is 0 Å². The van der Waals surface area contributed by atoms with Gasteiger partial charge < -0.3 is 23.8 Å². The van der Waals surface area contributed by atoms with E-state index in [1.54, 1.807) is 29.2 Å². The summed E-state index contributed by atoms with van der Waals surface area (Å²) in [6.45, 7) is 2.04. The highest BCUT2D eigenvalue weighted by atomic mass is 32.2. The van der Waals surface area contributed by atoms with E-state index in [2.05, 4.69) is 4.72 Å². The van der Waals surface area contributed by atoms with Crippen molar-refractivity contribution >= 4 is 21.6 Å². The van der Waals surface area contributed by atoms with Crippen molar-refractivity contribution in [1.29, 1.82) is 0 Å². The van der Waals surface area contributed by atoms with Gasteiger partial charge in [0.05, 0.1) is 25.2 Å². The first kappa shape index (κ1) is 20.3. The summed E-state index contributed by atoms with van der Waals surface area (Å²) in [5.74, 6) is 1.06. The fourth-order valence-electron chi connectivity index (χ4n) is 3.20. The molecule has 4 rings (SSSR count). The standard InChI is InChI=1S/C20H22N2O7S/c1-26-15-4-2-14(3-5-15)21-30(24,25)16-6-7-17-18(12-16)28-13-19(29-17)20(23)22-8-10-27-11-9-22/h2-7,12,19,21H,8-11,13H2,1H3/t19-/m0/s1. The molecule has 2 aliphatic heterocycles. The summed E-state index contributed by atoms with van der Waals surface area (Å²) in [5, 5.41) is 0. The van der Waals surface area contributed by atoms with E-state index in [-0.39, 0.29) is 23.2 Å². The van der Waals surface area contributed by atoms with Crippen LogP contribution in [0.15, 0.2) is 47.4 Å². The smallest absolute Gasteiger partial charge is 0.267 e. The summed E-state index contributed by atoms with van der Waals surface area (Å²) in [7, 11) is -2.29. The number of methoxy groups -OCH3 is 1. The van der Waals surface area contributed by atoms with Crippen molar-refractivity contribution in [3.05, 3.63) is 42.5 Å². The predicted molar refractivity (Wildman–Crippen MR) is 108 cm³/mol. The molecule has 2 aromatic rings. The molecule has 1 fully saturated rings. The van der Waals surface area contributed by atoms with E-state index in [1.165, 1.54) is 25.3 Å². The number of sulfonamides is 1. The van der Waals surface area contributed by atoms with E-state index in [0.717, 1.165) is 0 Å². The van der Waals surface area contributed by atoms with Gasteiger partial charge in [-0.15, -0.1) is 0 Å². The van der Waals surface area contributed by atoms with Gasteiger partial charge in [-0.1, -0.05) is 0 Å². The third-order valence-electron chi connectivity index (χ3n) is 4.83. The van der Waals surface area contributed by atoms with Gasteiger partial charge in [-0.25, -0.2) is 8.42 Å². The molecule has 0 unspecified atom stereocenters. The van der Waals surface area contributed by atoms with Crippen molar-refractivity contribution in [3.8, 4) is 17.2 Å². The average Bonchev–Trinajstić information content (AvgIpc) is 2.78. The molecule has 1 N–H and O–H groups in total. The molecular formula is C20H22N2O7S. The molecule has 0 spiro atoms. The van der Waals surface area contributed by atoms with Gasteiger partial charge in [0.25, 0.3) is 15.9 Å². The van der Waals surface area contributed by atoms with Crippen LogP contribution in [0.25, 0.3) is 0 Å². The number of carbonyl (C=O) groups is 1. The van der Waals surface area contributed by atoms with Crippen LogP contribution < -0.4 is 18.9 Å². The van der Waals surface area contributed by atoms with Crippen molar-refractivity contribution in [2.75, 3.05) is 44.7 Å². The second kappa shape index (κ2) is 8.41. The molecule has 30 heavy (non-hydrogen) atoms. The maximum absolute atomic E-state index is 12.7. The lowest BCUT2D eigenvalue weighted by molar-refractivity contribution is -0.145. The van der Waals surface area contributed by atoms with Crippen molar-refractivity contribution in [1.82, 2.24) is 4.90 Å². The summed E-state index contributed by atoms with van der Waals surface area (Å²) >= 11 is 0. The van der Waals surface area contributed by atoms with Gasteiger partial charge in [-0.2, -0.15) is 0 Å². The number of benzene rings is 2. The lowest BCUT2D eigenvalue weighted by Gasteiger charge is -2.32. The Bertz CT molecular complexity index is 1020. The van der Waals surface area contributed by atoms with Crippen molar-refractivity contribution in [3.63, 3.8) is 0 Å². The maximum atomic E-state index is 12.7. The summed E-state index contributed by atoms with van der Waals surface area (Å²) < 4.78 is 49.7. The molecule has 160 valence electrons. The maximum Gasteiger partial charge on any atom is 0.267 e. The van der Waals surface area contributed by atoms with Gasteiger partial charge >= 0.3 is 0 Å². The normalized spacial score (nSPS) is 18.6. The Morgan fingerprint density at radius 1 is 1.10 bits per heavy atom. The largest absolute Gasteiger partial charge is 0.497 e. The van der Waals surface area contributed by atoms with Crippen LogP contribution in [0.4, 0.5) is 5.69 Å². The van der Waals surface area contributed by atoms with E-state index >= 15 is 0 Å². The molecule has 2 heterocycles. The van der Waals surface area contributed by atoms with Crippen LogP contribution in [-0.2, 0) is 19.6 Å². The van der Waals surface area contributed by atoms with Crippen LogP contribution in [0.2, 0.25) is 0 Å². The quantitative estimate of drug-likeness (QED) is 0.761. The number of hydrogen-bond donors (Lipinski definition) is 1. The van der Waals surface area contributed by atoms with Gasteiger partial charge in [0.1, 0.15) is 12.4 Å². The first-order valence-corrected chi connectivity index (χ1v) is 10.9. The number of nitrogens with zero attached hydrogens (tertiary/aromatic N) is 1. The molecule has 2 aliphatic rings. The number of hydrogen-bond acceptors (Lipinski definition) is 7. The first-order chi connectivity index (χ1) is 14.5. The Labute approximate surface area is 174 Å². The fourth-order valence-corrected chi connectivity index (χ4v) is 4.27. The Morgan fingerprint density at radius 3 is 2.53 bits per heavy atom. The summed E-state index contributed by atoms with van der Waals surface area (Å²) in [4.78, 5) is 14.3. The van der Waals surface area contributed by atoms with Crippen molar-refractivity contribution in [2.45, 2.75) is 11.0 Å². The molecule has 1 saturated heterocycles. The first-order valence-electron chi connectivity index (χ1n) is 9.43.